The molecule has 0 radical (unpaired) electrons. The van der Waals surface area contributed by atoms with Crippen molar-refractivity contribution in [3.8, 4) is 0 Å². The standard InChI is InChI=1S/C7H11N3S/c8-7(3-1-2-4-7)6-9-5-11-10-6/h5H,1-4,8H2. The molecule has 1 aliphatic rings. The van der Waals surface area contributed by atoms with Crippen LogP contribution >= 0.6 is 11.5 Å². The Bertz CT molecular complexity index is 226. The molecule has 60 valence electrons. The number of aromatic nitrogens is 2. The highest BCUT2D eigenvalue weighted by molar-refractivity contribution is 7.03. The lowest BCUT2D eigenvalue weighted by Gasteiger charge is -2.18. The Kier molecular flexibility index (Phi) is 1.65. The van der Waals surface area contributed by atoms with E-state index in [-0.39, 0.29) is 5.54 Å². The van der Waals surface area contributed by atoms with Gasteiger partial charge in [0.25, 0.3) is 0 Å². The summed E-state index contributed by atoms with van der Waals surface area (Å²) in [5.41, 5.74) is 7.66. The smallest absolute Gasteiger partial charge is 0.162 e. The molecule has 0 bridgehead atoms. The molecule has 2 N–H and O–H groups in total. The molecule has 0 atom stereocenters. The highest BCUT2D eigenvalue weighted by Crippen LogP contribution is 2.34. The van der Waals surface area contributed by atoms with E-state index in [0.29, 0.717) is 0 Å². The molecule has 1 saturated carbocycles. The summed E-state index contributed by atoms with van der Waals surface area (Å²) < 4.78 is 4.18. The van der Waals surface area contributed by atoms with Crippen LogP contribution in [0.25, 0.3) is 0 Å². The molecule has 0 unspecified atom stereocenters. The first kappa shape index (κ1) is 7.18. The monoisotopic (exact) mass is 169 g/mol. The minimum absolute atomic E-state index is 0.194. The fraction of sp³-hybridized carbons (Fsp3) is 0.714. The van der Waals surface area contributed by atoms with Gasteiger partial charge in [0, 0.05) is 0 Å². The van der Waals surface area contributed by atoms with E-state index in [1.165, 1.54) is 24.4 Å². The molecule has 1 aromatic heterocycles. The molecular formula is C7H11N3S. The zero-order valence-electron chi connectivity index (χ0n) is 6.29. The Labute approximate surface area is 69.8 Å². The molecule has 4 heteroatoms. The van der Waals surface area contributed by atoms with E-state index in [1.807, 2.05) is 0 Å². The third-order valence-electron chi connectivity index (χ3n) is 2.30. The van der Waals surface area contributed by atoms with Crippen LogP contribution in [0.3, 0.4) is 0 Å². The molecule has 3 nitrogen and oxygen atoms in total. The van der Waals surface area contributed by atoms with Crippen LogP contribution < -0.4 is 5.73 Å². The van der Waals surface area contributed by atoms with Crippen molar-refractivity contribution in [3.05, 3.63) is 11.3 Å². The third-order valence-corrected chi connectivity index (χ3v) is 2.78. The molecule has 0 aromatic carbocycles. The normalized spacial score (nSPS) is 22.3. The predicted molar refractivity (Wildman–Crippen MR) is 44.2 cm³/mol. The second-order valence-electron chi connectivity index (χ2n) is 3.12. The van der Waals surface area contributed by atoms with E-state index in [1.54, 1.807) is 5.51 Å². The molecule has 0 spiro atoms. The van der Waals surface area contributed by atoms with E-state index in [0.717, 1.165) is 18.7 Å². The Hall–Kier alpha value is -0.480. The predicted octanol–water partition coefficient (Wildman–Crippen LogP) is 1.27. The highest BCUT2D eigenvalue weighted by atomic mass is 32.1. The van der Waals surface area contributed by atoms with Crippen LogP contribution in [-0.4, -0.2) is 9.36 Å². The van der Waals surface area contributed by atoms with Gasteiger partial charge >= 0.3 is 0 Å². The Balaban J connectivity index is 2.27. The third kappa shape index (κ3) is 1.16. The Morgan fingerprint density at radius 1 is 1.45 bits per heavy atom. The quantitative estimate of drug-likeness (QED) is 0.688. The SMILES string of the molecule is NC1(c2ncsn2)CCCC1. The lowest BCUT2D eigenvalue weighted by atomic mass is 9.99. The Morgan fingerprint density at radius 2 is 2.18 bits per heavy atom. The minimum atomic E-state index is -0.194. The second-order valence-corrected chi connectivity index (χ2v) is 3.72. The molecule has 0 saturated heterocycles. The minimum Gasteiger partial charge on any atom is -0.319 e. The molecule has 1 aliphatic carbocycles. The van der Waals surface area contributed by atoms with Gasteiger partial charge in [0.05, 0.1) is 5.54 Å². The first-order valence-corrected chi connectivity index (χ1v) is 4.71. The van der Waals surface area contributed by atoms with Crippen molar-refractivity contribution in [2.24, 2.45) is 5.73 Å². The number of rotatable bonds is 1. The molecule has 2 rings (SSSR count). The summed E-state index contributed by atoms with van der Waals surface area (Å²) in [5, 5.41) is 0. The van der Waals surface area contributed by atoms with Crippen molar-refractivity contribution < 1.29 is 0 Å². The molecule has 1 fully saturated rings. The van der Waals surface area contributed by atoms with Crippen molar-refractivity contribution in [3.63, 3.8) is 0 Å². The van der Waals surface area contributed by atoms with Crippen LogP contribution in [0.4, 0.5) is 0 Å². The van der Waals surface area contributed by atoms with E-state index in [4.69, 9.17) is 5.73 Å². The summed E-state index contributed by atoms with van der Waals surface area (Å²) in [6.45, 7) is 0. The Morgan fingerprint density at radius 3 is 2.73 bits per heavy atom. The van der Waals surface area contributed by atoms with Crippen molar-refractivity contribution in [1.29, 1.82) is 0 Å². The molecule has 0 aliphatic heterocycles. The van der Waals surface area contributed by atoms with Crippen molar-refractivity contribution in [2.75, 3.05) is 0 Å². The van der Waals surface area contributed by atoms with Gasteiger partial charge in [0.15, 0.2) is 5.82 Å². The fourth-order valence-electron chi connectivity index (χ4n) is 1.62. The summed E-state index contributed by atoms with van der Waals surface area (Å²) in [5.74, 6) is 0.847. The summed E-state index contributed by atoms with van der Waals surface area (Å²) in [4.78, 5) is 4.15. The number of hydrogen-bond donors (Lipinski definition) is 1. The summed E-state index contributed by atoms with van der Waals surface area (Å²) in [6, 6.07) is 0. The second kappa shape index (κ2) is 2.53. The van der Waals surface area contributed by atoms with Crippen LogP contribution in [0.2, 0.25) is 0 Å². The van der Waals surface area contributed by atoms with Crippen LogP contribution in [0.5, 0.6) is 0 Å². The maximum atomic E-state index is 6.11. The van der Waals surface area contributed by atoms with Crippen molar-refractivity contribution in [1.82, 2.24) is 9.36 Å². The maximum Gasteiger partial charge on any atom is 0.162 e. The van der Waals surface area contributed by atoms with Gasteiger partial charge in [-0.25, -0.2) is 4.98 Å². The van der Waals surface area contributed by atoms with Gasteiger partial charge in [-0.05, 0) is 24.4 Å². The first-order chi connectivity index (χ1) is 5.31. The highest BCUT2D eigenvalue weighted by Gasteiger charge is 2.34. The van der Waals surface area contributed by atoms with E-state index >= 15 is 0 Å². The fourth-order valence-corrected chi connectivity index (χ4v) is 2.14. The van der Waals surface area contributed by atoms with Crippen molar-refractivity contribution >= 4 is 11.5 Å². The van der Waals surface area contributed by atoms with Gasteiger partial charge in [0.1, 0.15) is 5.51 Å². The molecule has 1 aromatic rings. The zero-order valence-corrected chi connectivity index (χ0v) is 7.10. The molecular weight excluding hydrogens is 158 g/mol. The van der Waals surface area contributed by atoms with Crippen LogP contribution in [0, 0.1) is 0 Å². The molecule has 11 heavy (non-hydrogen) atoms. The number of nitrogens with zero attached hydrogens (tertiary/aromatic N) is 2. The van der Waals surface area contributed by atoms with Crippen LogP contribution in [0.15, 0.2) is 5.51 Å². The summed E-state index contributed by atoms with van der Waals surface area (Å²) in [6.07, 6.45) is 4.53. The summed E-state index contributed by atoms with van der Waals surface area (Å²) in [7, 11) is 0. The largest absolute Gasteiger partial charge is 0.319 e. The first-order valence-electron chi connectivity index (χ1n) is 3.87. The number of hydrogen-bond acceptors (Lipinski definition) is 4. The van der Waals surface area contributed by atoms with Gasteiger partial charge in [-0.2, -0.15) is 4.37 Å². The average molecular weight is 169 g/mol. The van der Waals surface area contributed by atoms with Gasteiger partial charge in [-0.1, -0.05) is 12.8 Å². The van der Waals surface area contributed by atoms with Gasteiger partial charge in [0.2, 0.25) is 0 Å². The maximum absolute atomic E-state index is 6.11. The van der Waals surface area contributed by atoms with E-state index in [2.05, 4.69) is 9.36 Å². The van der Waals surface area contributed by atoms with Crippen LogP contribution in [0.1, 0.15) is 31.5 Å². The summed E-state index contributed by atoms with van der Waals surface area (Å²) >= 11 is 1.38. The zero-order chi connectivity index (χ0) is 7.73. The van der Waals surface area contributed by atoms with Gasteiger partial charge in [-0.15, -0.1) is 0 Å². The molecule has 0 amide bonds. The lowest BCUT2D eigenvalue weighted by Crippen LogP contribution is -2.34. The average Bonchev–Trinajstić information content (AvgIpc) is 2.55. The van der Waals surface area contributed by atoms with E-state index in [9.17, 15) is 0 Å². The van der Waals surface area contributed by atoms with Gasteiger partial charge < -0.3 is 5.73 Å². The van der Waals surface area contributed by atoms with Gasteiger partial charge in [-0.3, -0.25) is 0 Å². The topological polar surface area (TPSA) is 51.8 Å². The number of nitrogens with two attached hydrogens (primary N) is 1. The van der Waals surface area contributed by atoms with Crippen molar-refractivity contribution in [2.45, 2.75) is 31.2 Å². The van der Waals surface area contributed by atoms with E-state index < -0.39 is 0 Å². The van der Waals surface area contributed by atoms with Crippen LogP contribution in [-0.2, 0) is 5.54 Å². The molecule has 1 heterocycles. The lowest BCUT2D eigenvalue weighted by molar-refractivity contribution is 0.437.